The molecule has 1 unspecified atom stereocenters. The molecule has 20 heavy (non-hydrogen) atoms. The highest BCUT2D eigenvalue weighted by molar-refractivity contribution is 5.46. The zero-order valence-electron chi connectivity index (χ0n) is 12.7. The number of nitrogens with one attached hydrogen (secondary N) is 1. The second-order valence-electron chi connectivity index (χ2n) is 5.53. The van der Waals surface area contributed by atoms with Gasteiger partial charge in [-0.2, -0.15) is 0 Å². The van der Waals surface area contributed by atoms with Crippen molar-refractivity contribution in [2.24, 2.45) is 0 Å². The molecule has 1 saturated carbocycles. The molecule has 1 aromatic rings. The first-order chi connectivity index (χ1) is 9.78. The Hall–Kier alpha value is -1.22. The fourth-order valence-corrected chi connectivity index (χ4v) is 2.61. The van der Waals surface area contributed by atoms with Gasteiger partial charge in [-0.05, 0) is 50.5 Å². The van der Waals surface area contributed by atoms with E-state index in [1.165, 1.54) is 32.1 Å². The van der Waals surface area contributed by atoms with Crippen LogP contribution in [0.25, 0.3) is 0 Å². The predicted octanol–water partition coefficient (Wildman–Crippen LogP) is 4.58. The van der Waals surface area contributed by atoms with Gasteiger partial charge in [-0.25, -0.2) is 0 Å². The summed E-state index contributed by atoms with van der Waals surface area (Å²) in [7, 11) is 0. The fraction of sp³-hybridized carbons (Fsp3) is 0.647. The monoisotopic (exact) mass is 277 g/mol. The van der Waals surface area contributed by atoms with E-state index < -0.39 is 0 Å². The first-order valence-electron chi connectivity index (χ1n) is 7.94. The van der Waals surface area contributed by atoms with E-state index >= 15 is 0 Å². The molecule has 3 nitrogen and oxygen atoms in total. The van der Waals surface area contributed by atoms with Crippen molar-refractivity contribution in [2.45, 2.75) is 64.8 Å². The lowest BCUT2D eigenvalue weighted by molar-refractivity contribution is -0.116. The summed E-state index contributed by atoms with van der Waals surface area (Å²) in [5.74, 6) is 0.871. The summed E-state index contributed by atoms with van der Waals surface area (Å²) in [6.45, 7) is 5.15. The second kappa shape index (κ2) is 8.15. The highest BCUT2D eigenvalue weighted by Gasteiger charge is 2.17. The number of rotatable bonds is 7. The normalized spacial score (nSPS) is 17.7. The molecule has 0 amide bonds. The summed E-state index contributed by atoms with van der Waals surface area (Å²) in [6.07, 6.45) is 7.61. The topological polar surface area (TPSA) is 30.5 Å². The first kappa shape index (κ1) is 15.2. The van der Waals surface area contributed by atoms with E-state index in [2.05, 4.69) is 24.4 Å². The van der Waals surface area contributed by atoms with Crippen LogP contribution in [0.15, 0.2) is 24.3 Å². The fourth-order valence-electron chi connectivity index (χ4n) is 2.61. The third-order valence-corrected chi connectivity index (χ3v) is 3.67. The van der Waals surface area contributed by atoms with Gasteiger partial charge in [0.1, 0.15) is 5.75 Å². The van der Waals surface area contributed by atoms with Crippen LogP contribution in [0.1, 0.15) is 52.4 Å². The quantitative estimate of drug-likeness (QED) is 0.740. The van der Waals surface area contributed by atoms with E-state index in [-0.39, 0.29) is 6.29 Å². The van der Waals surface area contributed by atoms with E-state index in [0.29, 0.717) is 6.10 Å². The molecular weight excluding hydrogens is 250 g/mol. The maximum atomic E-state index is 5.95. The van der Waals surface area contributed by atoms with Crippen molar-refractivity contribution in [1.82, 2.24) is 0 Å². The van der Waals surface area contributed by atoms with Gasteiger partial charge in [0, 0.05) is 12.2 Å². The van der Waals surface area contributed by atoms with Crippen molar-refractivity contribution in [3.63, 3.8) is 0 Å². The molecule has 0 saturated heterocycles. The zero-order chi connectivity index (χ0) is 14.2. The highest BCUT2D eigenvalue weighted by atomic mass is 16.7. The Morgan fingerprint density at radius 2 is 1.85 bits per heavy atom. The molecule has 3 heteroatoms. The van der Waals surface area contributed by atoms with Gasteiger partial charge in [0.2, 0.25) is 0 Å². The van der Waals surface area contributed by atoms with Crippen LogP contribution in [0.4, 0.5) is 5.69 Å². The van der Waals surface area contributed by atoms with Gasteiger partial charge in [0.25, 0.3) is 0 Å². The minimum Gasteiger partial charge on any atom is -0.465 e. The Morgan fingerprint density at radius 1 is 1.15 bits per heavy atom. The van der Waals surface area contributed by atoms with Crippen LogP contribution < -0.4 is 10.1 Å². The van der Waals surface area contributed by atoms with E-state index in [1.54, 1.807) is 0 Å². The van der Waals surface area contributed by atoms with Gasteiger partial charge < -0.3 is 14.8 Å². The second-order valence-corrected chi connectivity index (χ2v) is 5.53. The van der Waals surface area contributed by atoms with Crippen molar-refractivity contribution in [1.29, 1.82) is 0 Å². The average molecular weight is 277 g/mol. The lowest BCUT2D eigenvalue weighted by atomic mass is 9.98. The van der Waals surface area contributed by atoms with Gasteiger partial charge >= 0.3 is 0 Å². The molecule has 1 aromatic carbocycles. The van der Waals surface area contributed by atoms with Gasteiger partial charge in [0.05, 0.1) is 6.10 Å². The summed E-state index contributed by atoms with van der Waals surface area (Å²) in [5.41, 5.74) is 1.14. The Kier molecular flexibility index (Phi) is 6.19. The molecule has 1 aliphatic carbocycles. The first-order valence-corrected chi connectivity index (χ1v) is 7.94. The summed E-state index contributed by atoms with van der Waals surface area (Å²) >= 11 is 0. The van der Waals surface area contributed by atoms with Crippen molar-refractivity contribution in [2.75, 3.05) is 11.9 Å². The molecule has 1 fully saturated rings. The van der Waals surface area contributed by atoms with Crippen LogP contribution in [-0.2, 0) is 4.74 Å². The van der Waals surface area contributed by atoms with E-state index in [9.17, 15) is 0 Å². The Bertz CT molecular complexity index is 371. The van der Waals surface area contributed by atoms with Gasteiger partial charge in [-0.3, -0.25) is 0 Å². The maximum Gasteiger partial charge on any atom is 0.197 e. The molecule has 0 radical (unpaired) electrons. The van der Waals surface area contributed by atoms with Crippen LogP contribution in [0.2, 0.25) is 0 Å². The Balaban J connectivity index is 1.76. The van der Waals surface area contributed by atoms with Crippen molar-refractivity contribution in [3.8, 4) is 5.75 Å². The van der Waals surface area contributed by atoms with E-state index in [1.807, 2.05) is 19.1 Å². The van der Waals surface area contributed by atoms with Crippen molar-refractivity contribution >= 4 is 5.69 Å². The van der Waals surface area contributed by atoms with Gasteiger partial charge in [-0.15, -0.1) is 0 Å². The molecule has 0 aliphatic heterocycles. The minimum atomic E-state index is -0.174. The predicted molar refractivity (Wildman–Crippen MR) is 83.3 cm³/mol. The SMILES string of the molecule is CCCNc1ccc(OC(C)OC2CCCCC2)cc1. The number of anilines is 1. The molecule has 0 aromatic heterocycles. The van der Waals surface area contributed by atoms with E-state index in [0.717, 1.165) is 24.4 Å². The van der Waals surface area contributed by atoms with Crippen LogP contribution in [0.5, 0.6) is 5.75 Å². The molecule has 112 valence electrons. The number of hydrogen-bond donors (Lipinski definition) is 1. The molecule has 0 spiro atoms. The molecule has 1 N–H and O–H groups in total. The minimum absolute atomic E-state index is 0.174. The van der Waals surface area contributed by atoms with Crippen molar-refractivity contribution < 1.29 is 9.47 Å². The van der Waals surface area contributed by atoms with Crippen LogP contribution in [0.3, 0.4) is 0 Å². The summed E-state index contributed by atoms with van der Waals surface area (Å²) in [4.78, 5) is 0. The van der Waals surface area contributed by atoms with E-state index in [4.69, 9.17) is 9.47 Å². The molecule has 0 bridgehead atoms. The Labute approximate surface area is 122 Å². The summed E-state index contributed by atoms with van der Waals surface area (Å²) in [5, 5.41) is 3.35. The standard InChI is InChI=1S/C17H27NO2/c1-3-13-18-15-9-11-17(12-10-15)20-14(2)19-16-7-5-4-6-8-16/h9-12,14,16,18H,3-8,13H2,1-2H3. The molecule has 1 aliphatic rings. The molecular formula is C17H27NO2. The van der Waals surface area contributed by atoms with Gasteiger partial charge in [-0.1, -0.05) is 26.2 Å². The lowest BCUT2D eigenvalue weighted by Crippen LogP contribution is -2.26. The zero-order valence-corrected chi connectivity index (χ0v) is 12.7. The molecule has 0 heterocycles. The lowest BCUT2D eigenvalue weighted by Gasteiger charge is -2.26. The van der Waals surface area contributed by atoms with Gasteiger partial charge in [0.15, 0.2) is 6.29 Å². The number of hydrogen-bond acceptors (Lipinski definition) is 3. The highest BCUT2D eigenvalue weighted by Crippen LogP contribution is 2.23. The molecule has 1 atom stereocenters. The van der Waals surface area contributed by atoms with Crippen LogP contribution in [0, 0.1) is 0 Å². The third kappa shape index (κ3) is 5.04. The molecule has 2 rings (SSSR count). The smallest absolute Gasteiger partial charge is 0.197 e. The maximum absolute atomic E-state index is 5.95. The number of ether oxygens (including phenoxy) is 2. The summed E-state index contributed by atoms with van der Waals surface area (Å²) < 4.78 is 11.8. The van der Waals surface area contributed by atoms with Crippen molar-refractivity contribution in [3.05, 3.63) is 24.3 Å². The third-order valence-electron chi connectivity index (χ3n) is 3.67. The Morgan fingerprint density at radius 3 is 2.50 bits per heavy atom. The summed E-state index contributed by atoms with van der Waals surface area (Å²) in [6, 6.07) is 8.11. The van der Waals surface area contributed by atoms with Crippen LogP contribution in [-0.4, -0.2) is 18.9 Å². The van der Waals surface area contributed by atoms with Crippen LogP contribution >= 0.6 is 0 Å². The average Bonchev–Trinajstić information content (AvgIpc) is 2.47. The number of benzene rings is 1. The largest absolute Gasteiger partial charge is 0.465 e.